The molecule has 192 valence electrons. The van der Waals surface area contributed by atoms with E-state index in [0.29, 0.717) is 0 Å². The molecule has 0 unspecified atom stereocenters. The van der Waals surface area contributed by atoms with Gasteiger partial charge in [-0.05, 0) is 123 Å². The van der Waals surface area contributed by atoms with E-state index in [2.05, 4.69) is 90.5 Å². The van der Waals surface area contributed by atoms with Crippen LogP contribution < -0.4 is 0 Å². The zero-order chi connectivity index (χ0) is 26.6. The average Bonchev–Trinajstić information content (AvgIpc) is 3.56. The number of aromatic nitrogens is 4. The smallest absolute Gasteiger partial charge is 0.0723 e. The van der Waals surface area contributed by atoms with E-state index in [4.69, 9.17) is 9.97 Å². The quantitative estimate of drug-likeness (QED) is 0.382. The van der Waals surface area contributed by atoms with Crippen LogP contribution in [0.3, 0.4) is 0 Å². The highest BCUT2D eigenvalue weighted by molar-refractivity contribution is 5.96. The summed E-state index contributed by atoms with van der Waals surface area (Å²) in [6.45, 7) is 20.0. The first-order chi connectivity index (χ1) is 17.7. The summed E-state index contributed by atoms with van der Waals surface area (Å²) in [5.41, 5.74) is 20.6. The van der Waals surface area contributed by atoms with Crippen LogP contribution in [-0.2, 0) is 12.8 Å². The van der Waals surface area contributed by atoms with Crippen molar-refractivity contribution in [3.05, 3.63) is 68.8 Å². The standard InChI is InChI=1S/C33H40N4/c1-10-22-18(6)27-15-31-24(12-3)20(8)32(37-31)21(9)33-25(13-4)19(7)28(36-33)16-30-23(11-2)17(5)26(34-30)14-29(22)35-27/h14-16,34-35H,10-13H2,1-9H3. The van der Waals surface area contributed by atoms with Crippen molar-refractivity contribution in [1.29, 1.82) is 0 Å². The molecule has 8 bridgehead atoms. The van der Waals surface area contributed by atoms with E-state index >= 15 is 0 Å². The fraction of sp³-hybridized carbons (Fsp3) is 0.394. The summed E-state index contributed by atoms with van der Waals surface area (Å²) < 4.78 is 0. The van der Waals surface area contributed by atoms with Crippen LogP contribution in [0.5, 0.6) is 0 Å². The van der Waals surface area contributed by atoms with Gasteiger partial charge in [-0.1, -0.05) is 27.7 Å². The molecule has 5 rings (SSSR count). The van der Waals surface area contributed by atoms with Crippen LogP contribution in [0.15, 0.2) is 18.2 Å². The van der Waals surface area contributed by atoms with Crippen molar-refractivity contribution in [1.82, 2.24) is 19.9 Å². The summed E-state index contributed by atoms with van der Waals surface area (Å²) >= 11 is 0. The molecule has 4 heteroatoms. The van der Waals surface area contributed by atoms with E-state index in [1.165, 1.54) is 61.1 Å². The van der Waals surface area contributed by atoms with E-state index in [1.54, 1.807) is 0 Å². The first-order valence-corrected chi connectivity index (χ1v) is 13.9. The van der Waals surface area contributed by atoms with Gasteiger partial charge in [0, 0.05) is 27.6 Å². The third kappa shape index (κ3) is 3.89. The van der Waals surface area contributed by atoms with Gasteiger partial charge in [0.15, 0.2) is 0 Å². The van der Waals surface area contributed by atoms with Gasteiger partial charge in [-0.15, -0.1) is 0 Å². The average molecular weight is 493 g/mol. The topological polar surface area (TPSA) is 57.4 Å². The molecule has 3 aromatic heterocycles. The van der Waals surface area contributed by atoms with Gasteiger partial charge >= 0.3 is 0 Å². The molecule has 0 spiro atoms. The molecule has 0 radical (unpaired) electrons. The Kier molecular flexibility index (Phi) is 6.47. The molecule has 0 fully saturated rings. The predicted octanol–water partition coefficient (Wildman–Crippen LogP) is 9.05. The van der Waals surface area contributed by atoms with Gasteiger partial charge in [-0.3, -0.25) is 0 Å². The zero-order valence-corrected chi connectivity index (χ0v) is 24.0. The third-order valence-corrected chi connectivity index (χ3v) is 8.58. The van der Waals surface area contributed by atoms with Gasteiger partial charge in [-0.25, -0.2) is 9.97 Å². The van der Waals surface area contributed by atoms with E-state index in [-0.39, 0.29) is 0 Å². The number of nitrogens with one attached hydrogen (secondary N) is 2. The lowest BCUT2D eigenvalue weighted by Crippen LogP contribution is -1.92. The molecule has 0 amide bonds. The fourth-order valence-electron chi connectivity index (χ4n) is 6.36. The van der Waals surface area contributed by atoms with Crippen LogP contribution in [0, 0.1) is 20.8 Å². The molecule has 0 saturated heterocycles. The molecule has 4 nitrogen and oxygen atoms in total. The number of allylic oxidation sites excluding steroid dienone is 4. The van der Waals surface area contributed by atoms with Crippen molar-refractivity contribution in [2.45, 2.75) is 88.0 Å². The van der Waals surface area contributed by atoms with Crippen molar-refractivity contribution in [3.63, 3.8) is 0 Å². The zero-order valence-electron chi connectivity index (χ0n) is 24.0. The fourth-order valence-corrected chi connectivity index (χ4v) is 6.36. The third-order valence-electron chi connectivity index (χ3n) is 8.58. The first kappa shape index (κ1) is 25.3. The summed E-state index contributed by atoms with van der Waals surface area (Å²) in [4.78, 5) is 18.0. The highest BCUT2D eigenvalue weighted by Crippen LogP contribution is 2.39. The van der Waals surface area contributed by atoms with Crippen LogP contribution in [-0.4, -0.2) is 19.9 Å². The Morgan fingerprint density at radius 3 is 1.59 bits per heavy atom. The lowest BCUT2D eigenvalue weighted by atomic mass is 9.97. The Bertz CT molecular complexity index is 1650. The SMILES string of the molecule is CCC1=C(C)c2nc1cc1[nH]c(cc3[nH]c(cc4nc(c2C)C(CC)=C4C)c(CC)c3C)c(CC)c1C. The molecule has 2 aliphatic rings. The second-order valence-corrected chi connectivity index (χ2v) is 10.5. The Balaban J connectivity index is 2.04. The number of hydrogen-bond acceptors (Lipinski definition) is 2. The Morgan fingerprint density at radius 1 is 0.514 bits per heavy atom. The molecule has 0 aromatic carbocycles. The summed E-state index contributed by atoms with van der Waals surface area (Å²) in [6.07, 6.45) is 3.86. The number of rotatable bonds is 4. The van der Waals surface area contributed by atoms with Crippen LogP contribution in [0.1, 0.15) is 105 Å². The molecule has 3 aromatic rings. The minimum Gasteiger partial charge on any atom is -0.355 e. The number of H-pyrrole nitrogens is 2. The van der Waals surface area contributed by atoms with Crippen LogP contribution in [0.4, 0.5) is 0 Å². The minimum absolute atomic E-state index is 0.950. The Morgan fingerprint density at radius 2 is 1.03 bits per heavy atom. The van der Waals surface area contributed by atoms with Gasteiger partial charge in [0.25, 0.3) is 0 Å². The van der Waals surface area contributed by atoms with E-state index < -0.39 is 0 Å². The minimum atomic E-state index is 0.950. The number of aryl methyl sites for hydroxylation is 4. The van der Waals surface area contributed by atoms with Gasteiger partial charge in [0.1, 0.15) is 0 Å². The molecular weight excluding hydrogens is 452 g/mol. The molecular formula is C33H40N4. The molecule has 0 aliphatic carbocycles. The molecule has 2 N–H and O–H groups in total. The second-order valence-electron chi connectivity index (χ2n) is 10.5. The maximum absolute atomic E-state index is 5.23. The van der Waals surface area contributed by atoms with E-state index in [0.717, 1.165) is 59.5 Å². The molecule has 5 heterocycles. The molecule has 0 atom stereocenters. The van der Waals surface area contributed by atoms with Crippen LogP contribution >= 0.6 is 0 Å². The molecule has 37 heavy (non-hydrogen) atoms. The highest BCUT2D eigenvalue weighted by atomic mass is 14.8. The van der Waals surface area contributed by atoms with E-state index in [1.807, 2.05) is 0 Å². The second kappa shape index (κ2) is 9.48. The van der Waals surface area contributed by atoms with Gasteiger partial charge < -0.3 is 9.97 Å². The summed E-state index contributed by atoms with van der Waals surface area (Å²) in [5.74, 6) is 0. The van der Waals surface area contributed by atoms with E-state index in [9.17, 15) is 0 Å². The largest absolute Gasteiger partial charge is 0.355 e. The van der Waals surface area contributed by atoms with Crippen molar-refractivity contribution in [3.8, 4) is 0 Å². The van der Waals surface area contributed by atoms with Gasteiger partial charge in [0.05, 0.1) is 22.8 Å². The normalized spacial score (nSPS) is 13.8. The maximum atomic E-state index is 5.23. The lowest BCUT2D eigenvalue weighted by molar-refractivity contribution is 1.14. The van der Waals surface area contributed by atoms with Crippen molar-refractivity contribution in [2.24, 2.45) is 0 Å². The van der Waals surface area contributed by atoms with Crippen LogP contribution in [0.25, 0.3) is 44.4 Å². The number of aromatic amines is 2. The first-order valence-electron chi connectivity index (χ1n) is 13.9. The number of fused-ring (bicyclic) bond motifs is 8. The van der Waals surface area contributed by atoms with Gasteiger partial charge in [-0.2, -0.15) is 0 Å². The Hall–Kier alpha value is -3.40. The maximum Gasteiger partial charge on any atom is 0.0723 e. The van der Waals surface area contributed by atoms with Crippen molar-refractivity contribution < 1.29 is 0 Å². The summed E-state index contributed by atoms with van der Waals surface area (Å²) in [7, 11) is 0. The number of nitrogens with zero attached hydrogens (tertiary/aromatic N) is 2. The summed E-state index contributed by atoms with van der Waals surface area (Å²) in [6, 6.07) is 6.81. The Labute approximate surface area is 221 Å². The molecule has 2 aliphatic heterocycles. The summed E-state index contributed by atoms with van der Waals surface area (Å²) in [5, 5.41) is 0. The monoisotopic (exact) mass is 492 g/mol. The lowest BCUT2D eigenvalue weighted by Gasteiger charge is -2.06. The van der Waals surface area contributed by atoms with Crippen molar-refractivity contribution in [2.75, 3.05) is 0 Å². The number of hydrogen-bond donors (Lipinski definition) is 2. The highest BCUT2D eigenvalue weighted by Gasteiger charge is 2.23. The van der Waals surface area contributed by atoms with Crippen molar-refractivity contribution >= 4 is 44.4 Å². The molecule has 0 saturated carbocycles. The van der Waals surface area contributed by atoms with Gasteiger partial charge in [0.2, 0.25) is 0 Å². The predicted molar refractivity (Wildman–Crippen MR) is 160 cm³/mol. The van der Waals surface area contributed by atoms with Crippen LogP contribution in [0.2, 0.25) is 0 Å².